The van der Waals surface area contributed by atoms with Crippen molar-refractivity contribution in [2.45, 2.75) is 13.0 Å². The Morgan fingerprint density at radius 3 is 2.55 bits per heavy atom. The highest BCUT2D eigenvalue weighted by atomic mass is 16.5. The number of carbonyl (C=O) groups is 1. The summed E-state index contributed by atoms with van der Waals surface area (Å²) < 4.78 is 5.79. The van der Waals surface area contributed by atoms with Gasteiger partial charge in [-0.25, -0.2) is 0 Å². The highest BCUT2D eigenvalue weighted by Crippen LogP contribution is 2.36. The molecule has 1 aliphatic rings. The van der Waals surface area contributed by atoms with Gasteiger partial charge in [-0.3, -0.25) is 4.79 Å². The molecule has 1 atom stereocenters. The van der Waals surface area contributed by atoms with Gasteiger partial charge < -0.3 is 9.64 Å². The summed E-state index contributed by atoms with van der Waals surface area (Å²) >= 11 is 0. The van der Waals surface area contributed by atoms with E-state index >= 15 is 0 Å². The highest BCUT2D eigenvalue weighted by molar-refractivity contribution is 5.75. The lowest BCUT2D eigenvalue weighted by Crippen LogP contribution is -2.35. The Bertz CT molecular complexity index is 609. The van der Waals surface area contributed by atoms with Crippen molar-refractivity contribution in [3.63, 3.8) is 0 Å². The van der Waals surface area contributed by atoms with Crippen LogP contribution in [0.5, 0.6) is 5.75 Å². The molecule has 102 valence electrons. The van der Waals surface area contributed by atoms with Gasteiger partial charge in [0.15, 0.2) is 0 Å². The Kier molecular flexibility index (Phi) is 3.42. The smallest absolute Gasteiger partial charge is 0.220 e. The van der Waals surface area contributed by atoms with Crippen LogP contribution in [0.15, 0.2) is 54.6 Å². The third-order valence-electron chi connectivity index (χ3n) is 3.63. The molecule has 0 spiro atoms. The molecule has 2 aromatic carbocycles. The minimum Gasteiger partial charge on any atom is -0.491 e. The molecule has 1 heterocycles. The fraction of sp³-hybridized carbons (Fsp3) is 0.235. The third-order valence-corrected chi connectivity index (χ3v) is 3.63. The first-order valence-corrected chi connectivity index (χ1v) is 6.81. The summed E-state index contributed by atoms with van der Waals surface area (Å²) in [4.78, 5) is 13.9. The molecular weight excluding hydrogens is 250 g/mol. The van der Waals surface area contributed by atoms with Crippen molar-refractivity contribution in [3.05, 3.63) is 65.7 Å². The number of ether oxygens (including phenoxy) is 1. The molecule has 3 nitrogen and oxygen atoms in total. The first-order chi connectivity index (χ1) is 9.77. The van der Waals surface area contributed by atoms with E-state index < -0.39 is 0 Å². The number of amides is 1. The van der Waals surface area contributed by atoms with Crippen LogP contribution in [0.25, 0.3) is 0 Å². The molecule has 0 bridgehead atoms. The van der Waals surface area contributed by atoms with Crippen LogP contribution in [0.4, 0.5) is 0 Å². The zero-order valence-corrected chi connectivity index (χ0v) is 11.5. The van der Waals surface area contributed by atoms with Crippen molar-refractivity contribution in [1.82, 2.24) is 4.90 Å². The van der Waals surface area contributed by atoms with Gasteiger partial charge in [-0.15, -0.1) is 0 Å². The Morgan fingerprint density at radius 2 is 1.80 bits per heavy atom. The third kappa shape index (κ3) is 2.27. The van der Waals surface area contributed by atoms with Gasteiger partial charge in [0.1, 0.15) is 12.4 Å². The van der Waals surface area contributed by atoms with Crippen LogP contribution in [-0.2, 0) is 4.79 Å². The molecule has 0 aromatic heterocycles. The van der Waals surface area contributed by atoms with Crippen molar-refractivity contribution in [1.29, 1.82) is 0 Å². The van der Waals surface area contributed by atoms with Gasteiger partial charge in [-0.1, -0.05) is 48.5 Å². The second kappa shape index (κ2) is 5.37. The SMILES string of the molecule is CC(=O)N1CCOc2ccccc2C1c1ccccc1. The standard InChI is InChI=1S/C17H17NO2/c1-13(19)18-11-12-20-16-10-6-5-9-15(16)17(18)14-7-3-2-4-8-14/h2-10,17H,11-12H2,1H3. The van der Waals surface area contributed by atoms with Gasteiger partial charge in [0.2, 0.25) is 5.91 Å². The molecule has 2 aromatic rings. The number of benzene rings is 2. The summed E-state index contributed by atoms with van der Waals surface area (Å²) in [5, 5.41) is 0. The zero-order chi connectivity index (χ0) is 13.9. The number of rotatable bonds is 1. The van der Waals surface area contributed by atoms with Crippen LogP contribution >= 0.6 is 0 Å². The Balaban J connectivity index is 2.15. The van der Waals surface area contributed by atoms with Crippen molar-refractivity contribution < 1.29 is 9.53 Å². The van der Waals surface area contributed by atoms with E-state index in [0.29, 0.717) is 13.2 Å². The lowest BCUT2D eigenvalue weighted by molar-refractivity contribution is -0.130. The molecule has 3 heteroatoms. The normalized spacial score (nSPS) is 17.9. The van der Waals surface area contributed by atoms with Crippen LogP contribution in [0, 0.1) is 0 Å². The number of para-hydroxylation sites is 1. The van der Waals surface area contributed by atoms with Crippen LogP contribution < -0.4 is 4.74 Å². The maximum atomic E-state index is 12.0. The molecule has 0 fully saturated rings. The predicted molar refractivity (Wildman–Crippen MR) is 77.6 cm³/mol. The number of fused-ring (bicyclic) bond motifs is 1. The fourth-order valence-corrected chi connectivity index (χ4v) is 2.72. The van der Waals surface area contributed by atoms with Crippen LogP contribution in [-0.4, -0.2) is 24.0 Å². The maximum Gasteiger partial charge on any atom is 0.220 e. The molecule has 0 saturated carbocycles. The summed E-state index contributed by atoms with van der Waals surface area (Å²) in [5.74, 6) is 0.934. The largest absolute Gasteiger partial charge is 0.491 e. The average molecular weight is 267 g/mol. The number of hydrogen-bond donors (Lipinski definition) is 0. The predicted octanol–water partition coefficient (Wildman–Crippen LogP) is 3.02. The molecule has 0 radical (unpaired) electrons. The minimum atomic E-state index is -0.0765. The van der Waals surface area contributed by atoms with Gasteiger partial charge in [-0.2, -0.15) is 0 Å². The zero-order valence-electron chi connectivity index (χ0n) is 11.5. The lowest BCUT2D eigenvalue weighted by atomic mass is 9.96. The van der Waals surface area contributed by atoms with Crippen LogP contribution in [0.2, 0.25) is 0 Å². The van der Waals surface area contributed by atoms with Crippen LogP contribution in [0.3, 0.4) is 0 Å². The fourth-order valence-electron chi connectivity index (χ4n) is 2.72. The van der Waals surface area contributed by atoms with Crippen LogP contribution in [0.1, 0.15) is 24.1 Å². The van der Waals surface area contributed by atoms with Crippen molar-refractivity contribution in [2.24, 2.45) is 0 Å². The first kappa shape index (κ1) is 12.7. The van der Waals surface area contributed by atoms with E-state index in [9.17, 15) is 4.79 Å². The van der Waals surface area contributed by atoms with E-state index in [1.807, 2.05) is 47.4 Å². The van der Waals surface area contributed by atoms with Crippen molar-refractivity contribution in [3.8, 4) is 5.75 Å². The molecule has 20 heavy (non-hydrogen) atoms. The van der Waals surface area contributed by atoms with Crippen molar-refractivity contribution >= 4 is 5.91 Å². The summed E-state index contributed by atoms with van der Waals surface area (Å²) in [6, 6.07) is 18.0. The van der Waals surface area contributed by atoms with E-state index in [4.69, 9.17) is 4.74 Å². The molecule has 1 aliphatic heterocycles. The molecule has 3 rings (SSSR count). The number of hydrogen-bond acceptors (Lipinski definition) is 2. The van der Waals surface area contributed by atoms with Gasteiger partial charge in [0, 0.05) is 12.5 Å². The molecule has 0 aliphatic carbocycles. The second-order valence-corrected chi connectivity index (χ2v) is 4.91. The first-order valence-electron chi connectivity index (χ1n) is 6.81. The van der Waals surface area contributed by atoms with Gasteiger partial charge in [0.05, 0.1) is 12.6 Å². The van der Waals surface area contributed by atoms with E-state index in [1.165, 1.54) is 0 Å². The van der Waals surface area contributed by atoms with Gasteiger partial charge in [0.25, 0.3) is 0 Å². The summed E-state index contributed by atoms with van der Waals surface area (Å²) in [7, 11) is 0. The molecule has 1 unspecified atom stereocenters. The highest BCUT2D eigenvalue weighted by Gasteiger charge is 2.29. The number of nitrogens with zero attached hydrogens (tertiary/aromatic N) is 1. The summed E-state index contributed by atoms with van der Waals surface area (Å²) in [5.41, 5.74) is 2.16. The summed E-state index contributed by atoms with van der Waals surface area (Å²) in [6.07, 6.45) is 0. The minimum absolute atomic E-state index is 0.0687. The molecule has 1 amide bonds. The lowest BCUT2D eigenvalue weighted by Gasteiger charge is -2.29. The monoisotopic (exact) mass is 267 g/mol. The van der Waals surface area contributed by atoms with Crippen molar-refractivity contribution in [2.75, 3.05) is 13.2 Å². The Morgan fingerprint density at radius 1 is 1.10 bits per heavy atom. The maximum absolute atomic E-state index is 12.0. The van der Waals surface area contributed by atoms with E-state index in [-0.39, 0.29) is 11.9 Å². The van der Waals surface area contributed by atoms with Gasteiger partial charge >= 0.3 is 0 Å². The van der Waals surface area contributed by atoms with E-state index in [1.54, 1.807) is 6.92 Å². The van der Waals surface area contributed by atoms with E-state index in [0.717, 1.165) is 16.9 Å². The van der Waals surface area contributed by atoms with E-state index in [2.05, 4.69) is 12.1 Å². The van der Waals surface area contributed by atoms with Gasteiger partial charge in [-0.05, 0) is 11.6 Å². The average Bonchev–Trinajstić information content (AvgIpc) is 2.67. The summed E-state index contributed by atoms with van der Waals surface area (Å²) in [6.45, 7) is 2.74. The Labute approximate surface area is 118 Å². The topological polar surface area (TPSA) is 29.5 Å². The second-order valence-electron chi connectivity index (χ2n) is 4.91. The molecule has 0 N–H and O–H groups in total. The molecule has 0 saturated heterocycles. The number of carbonyl (C=O) groups excluding carboxylic acids is 1. The Hall–Kier alpha value is -2.29. The quantitative estimate of drug-likeness (QED) is 0.795. The molecular formula is C17H17NO2.